The van der Waals surface area contributed by atoms with Crippen molar-refractivity contribution in [3.05, 3.63) is 87.7 Å². The van der Waals surface area contributed by atoms with Crippen molar-refractivity contribution in [1.82, 2.24) is 9.29 Å². The first-order chi connectivity index (χ1) is 16.6. The third kappa shape index (κ3) is 4.82. The Bertz CT molecular complexity index is 1420. The van der Waals surface area contributed by atoms with E-state index in [1.807, 2.05) is 24.3 Å². The summed E-state index contributed by atoms with van der Waals surface area (Å²) < 4.78 is 32.8. The minimum atomic E-state index is -3.73. The van der Waals surface area contributed by atoms with Gasteiger partial charge in [-0.2, -0.15) is 4.31 Å². The first-order valence-electron chi connectivity index (χ1n) is 11.2. The molecule has 8 nitrogen and oxygen atoms in total. The van der Waals surface area contributed by atoms with Gasteiger partial charge in [0.2, 0.25) is 15.8 Å². The van der Waals surface area contributed by atoms with Crippen LogP contribution >= 0.6 is 0 Å². The third-order valence-corrected chi connectivity index (χ3v) is 8.09. The van der Waals surface area contributed by atoms with E-state index in [0.717, 1.165) is 11.1 Å². The molecular formula is C26H26N2O6S. The summed E-state index contributed by atoms with van der Waals surface area (Å²) >= 11 is 0. The van der Waals surface area contributed by atoms with Crippen molar-refractivity contribution in [1.29, 1.82) is 0 Å². The number of H-pyrrole nitrogens is 1. The molecule has 1 N–H and O–H groups in total. The Kier molecular flexibility index (Phi) is 6.73. The number of sulfonamides is 1. The molecule has 1 aliphatic rings. The molecule has 1 aromatic heterocycles. The molecule has 0 saturated heterocycles. The minimum absolute atomic E-state index is 0.0822. The Morgan fingerprint density at radius 1 is 1.00 bits per heavy atom. The topological polar surface area (TPSA) is 114 Å². The highest BCUT2D eigenvalue weighted by Crippen LogP contribution is 2.25. The Morgan fingerprint density at radius 3 is 2.29 bits per heavy atom. The van der Waals surface area contributed by atoms with E-state index in [0.29, 0.717) is 36.3 Å². The first kappa shape index (κ1) is 24.6. The zero-order valence-corrected chi connectivity index (χ0v) is 20.6. The molecule has 0 fully saturated rings. The number of aromatic nitrogens is 1. The summed E-state index contributed by atoms with van der Waals surface area (Å²) in [6.45, 7) is 4.96. The van der Waals surface area contributed by atoms with Gasteiger partial charge in [0, 0.05) is 24.3 Å². The van der Waals surface area contributed by atoms with Gasteiger partial charge in [-0.3, -0.25) is 9.59 Å². The number of rotatable bonds is 7. The summed E-state index contributed by atoms with van der Waals surface area (Å²) in [7, 11) is -3.73. The lowest BCUT2D eigenvalue weighted by Crippen LogP contribution is -2.35. The highest BCUT2D eigenvalue weighted by Gasteiger charge is 2.28. The van der Waals surface area contributed by atoms with Gasteiger partial charge in [-0.05, 0) is 68.1 Å². The summed E-state index contributed by atoms with van der Waals surface area (Å²) in [5, 5.41) is 0. The van der Waals surface area contributed by atoms with Gasteiger partial charge < -0.3 is 9.72 Å². The van der Waals surface area contributed by atoms with Crippen LogP contribution in [0, 0.1) is 13.8 Å². The number of nitrogens with one attached hydrogen (secondary N) is 1. The highest BCUT2D eigenvalue weighted by atomic mass is 32.2. The lowest BCUT2D eigenvalue weighted by atomic mass is 10.0. The van der Waals surface area contributed by atoms with Gasteiger partial charge in [-0.25, -0.2) is 13.2 Å². The van der Waals surface area contributed by atoms with Crippen LogP contribution in [0.2, 0.25) is 0 Å². The maximum Gasteiger partial charge on any atom is 0.338 e. The van der Waals surface area contributed by atoms with Crippen molar-refractivity contribution < 1.29 is 27.5 Å². The average molecular weight is 495 g/mol. The van der Waals surface area contributed by atoms with Crippen molar-refractivity contribution in [3.8, 4) is 0 Å². The molecule has 1 aliphatic heterocycles. The monoisotopic (exact) mass is 494 g/mol. The molecule has 3 aromatic rings. The molecule has 0 bridgehead atoms. The third-order valence-electron chi connectivity index (χ3n) is 6.23. The zero-order valence-electron chi connectivity index (χ0n) is 19.8. The van der Waals surface area contributed by atoms with Gasteiger partial charge in [0.25, 0.3) is 0 Å². The van der Waals surface area contributed by atoms with Gasteiger partial charge in [-0.15, -0.1) is 0 Å². The summed E-state index contributed by atoms with van der Waals surface area (Å²) in [5.74, 6) is -1.37. The number of aryl methyl sites for hydroxylation is 1. The number of carbonyl (C=O) groups excluding carboxylic acids is 3. The van der Waals surface area contributed by atoms with E-state index in [-0.39, 0.29) is 21.9 Å². The molecule has 4 rings (SSSR count). The number of ketones is 2. The second-order valence-corrected chi connectivity index (χ2v) is 10.5. The number of esters is 1. The van der Waals surface area contributed by atoms with Crippen LogP contribution in [0.1, 0.15) is 60.5 Å². The normalized spacial score (nSPS) is 13.8. The Labute approximate surface area is 204 Å². The molecule has 0 aliphatic carbocycles. The standard InChI is InChI=1S/C26H26N2O6S/c1-16-24(18(3)29)17(2)27-25(16)23(30)15-34-26(31)20-8-10-22(11-9-20)35(32,33)28-13-12-19-6-4-5-7-21(19)14-28/h4-11,27H,12-15H2,1-3H3. The van der Waals surface area contributed by atoms with Gasteiger partial charge in [0.15, 0.2) is 12.4 Å². The van der Waals surface area contributed by atoms with E-state index in [2.05, 4.69) is 4.98 Å². The zero-order chi connectivity index (χ0) is 25.3. The maximum absolute atomic E-state index is 13.1. The molecule has 0 spiro atoms. The van der Waals surface area contributed by atoms with E-state index < -0.39 is 28.4 Å². The van der Waals surface area contributed by atoms with Crippen LogP contribution < -0.4 is 0 Å². The number of nitrogens with zero attached hydrogens (tertiary/aromatic N) is 1. The summed E-state index contributed by atoms with van der Waals surface area (Å²) in [6.07, 6.45) is 0.640. The van der Waals surface area contributed by atoms with Crippen molar-refractivity contribution >= 4 is 27.6 Å². The van der Waals surface area contributed by atoms with E-state index in [1.165, 1.54) is 35.5 Å². The fourth-order valence-electron chi connectivity index (χ4n) is 4.43. The predicted molar refractivity (Wildman–Crippen MR) is 129 cm³/mol. The van der Waals surface area contributed by atoms with Gasteiger partial charge in [-0.1, -0.05) is 24.3 Å². The SMILES string of the molecule is CC(=O)c1c(C)[nH]c(C(=O)COC(=O)c2ccc(S(=O)(=O)N3CCc4ccccc4C3)cc2)c1C. The number of ether oxygens (including phenoxy) is 1. The molecular weight excluding hydrogens is 468 g/mol. The average Bonchev–Trinajstić information content (AvgIpc) is 3.15. The number of benzene rings is 2. The molecule has 0 saturated carbocycles. The molecule has 9 heteroatoms. The number of carbonyl (C=O) groups is 3. The second-order valence-electron chi connectivity index (χ2n) is 8.56. The van der Waals surface area contributed by atoms with E-state index in [9.17, 15) is 22.8 Å². The number of hydrogen-bond acceptors (Lipinski definition) is 6. The van der Waals surface area contributed by atoms with Crippen LogP contribution in [0.25, 0.3) is 0 Å². The summed E-state index contributed by atoms with van der Waals surface area (Å²) in [4.78, 5) is 39.7. The number of fused-ring (bicyclic) bond motifs is 1. The van der Waals surface area contributed by atoms with Crippen LogP contribution in [-0.4, -0.2) is 48.4 Å². The van der Waals surface area contributed by atoms with Crippen molar-refractivity contribution in [2.75, 3.05) is 13.2 Å². The van der Waals surface area contributed by atoms with Gasteiger partial charge >= 0.3 is 5.97 Å². The second kappa shape index (κ2) is 9.59. The molecule has 35 heavy (non-hydrogen) atoms. The Morgan fingerprint density at radius 2 is 1.66 bits per heavy atom. The van der Waals surface area contributed by atoms with E-state index in [1.54, 1.807) is 13.8 Å². The molecule has 0 amide bonds. The molecule has 0 unspecified atom stereocenters. The lowest BCUT2D eigenvalue weighted by Gasteiger charge is -2.28. The van der Waals surface area contributed by atoms with Crippen LogP contribution in [0.3, 0.4) is 0 Å². The summed E-state index contributed by atoms with van der Waals surface area (Å²) in [5.41, 5.74) is 4.04. The first-order valence-corrected chi connectivity index (χ1v) is 12.6. The molecule has 2 heterocycles. The molecule has 0 atom stereocenters. The largest absolute Gasteiger partial charge is 0.454 e. The van der Waals surface area contributed by atoms with Crippen molar-refractivity contribution in [2.24, 2.45) is 0 Å². The minimum Gasteiger partial charge on any atom is -0.454 e. The fourth-order valence-corrected chi connectivity index (χ4v) is 5.85. The molecule has 182 valence electrons. The van der Waals surface area contributed by atoms with Crippen LogP contribution in [-0.2, 0) is 27.7 Å². The predicted octanol–water partition coefficient (Wildman–Crippen LogP) is 3.62. The molecule has 2 aromatic carbocycles. The number of hydrogen-bond donors (Lipinski definition) is 1. The summed E-state index contributed by atoms with van der Waals surface area (Å²) in [6, 6.07) is 13.2. The lowest BCUT2D eigenvalue weighted by molar-refractivity contribution is 0.0473. The van der Waals surface area contributed by atoms with Crippen LogP contribution in [0.15, 0.2) is 53.4 Å². The maximum atomic E-state index is 13.1. The van der Waals surface area contributed by atoms with Gasteiger partial charge in [0.1, 0.15) is 0 Å². The Hall–Kier alpha value is -3.56. The van der Waals surface area contributed by atoms with E-state index >= 15 is 0 Å². The van der Waals surface area contributed by atoms with Crippen molar-refractivity contribution in [3.63, 3.8) is 0 Å². The number of Topliss-reactive ketones (excluding diaryl/α,β-unsaturated/α-hetero) is 2. The quantitative estimate of drug-likeness (QED) is 0.396. The number of aromatic amines is 1. The molecule has 0 radical (unpaired) electrons. The van der Waals surface area contributed by atoms with E-state index in [4.69, 9.17) is 4.74 Å². The van der Waals surface area contributed by atoms with Gasteiger partial charge in [0.05, 0.1) is 16.2 Å². The van der Waals surface area contributed by atoms with Crippen LogP contribution in [0.4, 0.5) is 0 Å². The Balaban J connectivity index is 1.42. The van der Waals surface area contributed by atoms with Crippen molar-refractivity contribution in [2.45, 2.75) is 38.6 Å². The smallest absolute Gasteiger partial charge is 0.338 e. The van der Waals surface area contributed by atoms with Crippen LogP contribution in [0.5, 0.6) is 0 Å². The fraction of sp³-hybridized carbons (Fsp3) is 0.269. The highest BCUT2D eigenvalue weighted by molar-refractivity contribution is 7.89.